The van der Waals surface area contributed by atoms with Gasteiger partial charge in [0.15, 0.2) is 0 Å². The Bertz CT molecular complexity index is 1420. The van der Waals surface area contributed by atoms with Gasteiger partial charge in [0.1, 0.15) is 11.2 Å². The van der Waals surface area contributed by atoms with E-state index in [1.54, 1.807) is 24.4 Å². The lowest BCUT2D eigenvalue weighted by atomic mass is 9.89. The largest absolute Gasteiger partial charge is 0.347 e. The third-order valence-electron chi connectivity index (χ3n) is 6.34. The van der Waals surface area contributed by atoms with E-state index in [1.165, 1.54) is 13.0 Å². The molecule has 9 nitrogen and oxygen atoms in total. The fourth-order valence-electron chi connectivity index (χ4n) is 4.33. The Balaban J connectivity index is 1.34. The molecule has 1 saturated heterocycles. The van der Waals surface area contributed by atoms with Crippen LogP contribution < -0.4 is 10.6 Å². The number of aromatic nitrogens is 1. The molecule has 1 atom stereocenters. The van der Waals surface area contributed by atoms with E-state index in [-0.39, 0.29) is 42.1 Å². The summed E-state index contributed by atoms with van der Waals surface area (Å²) in [4.78, 5) is 67.8. The molecule has 0 spiro atoms. The van der Waals surface area contributed by atoms with Gasteiger partial charge in [-0.15, -0.1) is 0 Å². The molecule has 1 unspecified atom stereocenters. The van der Waals surface area contributed by atoms with Gasteiger partial charge in [0, 0.05) is 24.5 Å². The summed E-state index contributed by atoms with van der Waals surface area (Å²) >= 11 is 0. The molecule has 170 valence electrons. The van der Waals surface area contributed by atoms with E-state index in [1.807, 2.05) is 24.3 Å². The summed E-state index contributed by atoms with van der Waals surface area (Å²) in [5.41, 5.74) is -0.224. The molecule has 3 aromatic rings. The Kier molecular flexibility index (Phi) is 4.97. The van der Waals surface area contributed by atoms with Crippen LogP contribution in [0.5, 0.6) is 0 Å². The van der Waals surface area contributed by atoms with Gasteiger partial charge in [-0.2, -0.15) is 0 Å². The second-order valence-corrected chi connectivity index (χ2v) is 8.58. The lowest BCUT2D eigenvalue weighted by Crippen LogP contribution is -2.62. The highest BCUT2D eigenvalue weighted by Crippen LogP contribution is 2.34. The first-order chi connectivity index (χ1) is 16.3. The molecule has 0 aliphatic carbocycles. The number of pyridine rings is 1. The summed E-state index contributed by atoms with van der Waals surface area (Å²) in [6, 6.07) is 14.0. The Morgan fingerprint density at radius 2 is 1.76 bits per heavy atom. The van der Waals surface area contributed by atoms with Gasteiger partial charge in [-0.3, -0.25) is 39.2 Å². The van der Waals surface area contributed by atoms with Crippen molar-refractivity contribution in [2.45, 2.75) is 31.8 Å². The predicted molar refractivity (Wildman–Crippen MR) is 121 cm³/mol. The molecule has 1 fully saturated rings. The molecule has 34 heavy (non-hydrogen) atoms. The number of nitrogens with one attached hydrogen (secondary N) is 2. The molecule has 5 amide bonds. The zero-order valence-electron chi connectivity index (χ0n) is 18.3. The maximum absolute atomic E-state index is 13.1. The van der Waals surface area contributed by atoms with Gasteiger partial charge in [-0.25, -0.2) is 0 Å². The summed E-state index contributed by atoms with van der Waals surface area (Å²) in [5.74, 6) is -2.66. The van der Waals surface area contributed by atoms with Crippen LogP contribution in [0.15, 0.2) is 54.7 Å². The molecule has 3 heterocycles. The second-order valence-electron chi connectivity index (χ2n) is 8.58. The van der Waals surface area contributed by atoms with Crippen LogP contribution in [0.2, 0.25) is 0 Å². The minimum Gasteiger partial charge on any atom is -0.347 e. The van der Waals surface area contributed by atoms with Crippen LogP contribution in [0, 0.1) is 0 Å². The molecule has 0 bridgehead atoms. The molecular formula is C25H20N4O5. The number of hydrogen-bond acceptors (Lipinski definition) is 6. The minimum atomic E-state index is -1.45. The van der Waals surface area contributed by atoms with Crippen LogP contribution in [0.4, 0.5) is 0 Å². The summed E-state index contributed by atoms with van der Waals surface area (Å²) in [6.07, 6.45) is 1.73. The molecule has 0 saturated carbocycles. The highest BCUT2D eigenvalue weighted by molar-refractivity contribution is 6.24. The molecule has 9 heteroatoms. The standard InChI is InChI=1S/C25H20N4O5/c1-25(9-8-20(30)28-24(25)34)29-22(32)17-7-6-14(10-18(17)23(29)33)12-27-21(31)19-11-15-4-2-3-5-16(15)13-26-19/h2-7,10-11,13H,8-9,12H2,1H3,(H,27,31)(H,28,30,34). The van der Waals surface area contributed by atoms with E-state index in [4.69, 9.17) is 0 Å². The smallest absolute Gasteiger partial charge is 0.270 e. The Morgan fingerprint density at radius 1 is 1.03 bits per heavy atom. The number of hydrogen-bond donors (Lipinski definition) is 2. The van der Waals surface area contributed by atoms with Gasteiger partial charge < -0.3 is 5.32 Å². The molecular weight excluding hydrogens is 436 g/mol. The van der Waals surface area contributed by atoms with Crippen molar-refractivity contribution in [1.29, 1.82) is 0 Å². The Labute approximate surface area is 194 Å². The highest BCUT2D eigenvalue weighted by atomic mass is 16.2. The van der Waals surface area contributed by atoms with Gasteiger partial charge in [0.05, 0.1) is 11.1 Å². The summed E-state index contributed by atoms with van der Waals surface area (Å²) < 4.78 is 0. The quantitative estimate of drug-likeness (QED) is 0.578. The van der Waals surface area contributed by atoms with E-state index in [2.05, 4.69) is 15.6 Å². The molecule has 2 aliphatic heterocycles. The molecule has 2 aromatic carbocycles. The van der Waals surface area contributed by atoms with Crippen LogP contribution in [0.25, 0.3) is 10.8 Å². The van der Waals surface area contributed by atoms with Crippen LogP contribution in [0.1, 0.15) is 56.5 Å². The van der Waals surface area contributed by atoms with Crippen LogP contribution in [0.3, 0.4) is 0 Å². The number of piperidine rings is 1. The average molecular weight is 456 g/mol. The second kappa shape index (κ2) is 7.87. The number of carbonyl (C=O) groups excluding carboxylic acids is 5. The molecule has 2 N–H and O–H groups in total. The van der Waals surface area contributed by atoms with E-state index >= 15 is 0 Å². The number of benzene rings is 2. The van der Waals surface area contributed by atoms with Crippen LogP contribution in [-0.2, 0) is 16.1 Å². The molecule has 5 rings (SSSR count). The lowest BCUT2D eigenvalue weighted by Gasteiger charge is -2.38. The van der Waals surface area contributed by atoms with Crippen molar-refractivity contribution in [3.8, 4) is 0 Å². The summed E-state index contributed by atoms with van der Waals surface area (Å²) in [7, 11) is 0. The number of imide groups is 2. The van der Waals surface area contributed by atoms with E-state index in [0.29, 0.717) is 5.56 Å². The Hall–Kier alpha value is -4.40. The van der Waals surface area contributed by atoms with Crippen LogP contribution in [-0.4, -0.2) is 45.0 Å². The van der Waals surface area contributed by atoms with E-state index in [0.717, 1.165) is 15.7 Å². The zero-order chi connectivity index (χ0) is 24.0. The summed E-state index contributed by atoms with van der Waals surface area (Å²) in [6.45, 7) is 1.60. The van der Waals surface area contributed by atoms with E-state index < -0.39 is 29.2 Å². The predicted octanol–water partition coefficient (Wildman–Crippen LogP) is 1.96. The van der Waals surface area contributed by atoms with E-state index in [9.17, 15) is 24.0 Å². The normalized spacial score (nSPS) is 19.9. The monoisotopic (exact) mass is 456 g/mol. The van der Waals surface area contributed by atoms with Gasteiger partial charge in [0.2, 0.25) is 5.91 Å². The fourth-order valence-corrected chi connectivity index (χ4v) is 4.33. The first kappa shape index (κ1) is 21.4. The average Bonchev–Trinajstić information content (AvgIpc) is 3.09. The van der Waals surface area contributed by atoms with Gasteiger partial charge in [-0.05, 0) is 42.5 Å². The first-order valence-corrected chi connectivity index (χ1v) is 10.8. The van der Waals surface area contributed by atoms with Crippen LogP contribution >= 0.6 is 0 Å². The SMILES string of the molecule is CC1(N2C(=O)c3ccc(CNC(=O)c4cc5ccccc5cn4)cc3C2=O)CCC(=O)NC1=O. The number of rotatable bonds is 4. The van der Waals surface area contributed by atoms with Gasteiger partial charge >= 0.3 is 0 Å². The zero-order valence-corrected chi connectivity index (χ0v) is 18.3. The van der Waals surface area contributed by atoms with Crippen molar-refractivity contribution >= 4 is 40.3 Å². The Morgan fingerprint density at radius 3 is 2.53 bits per heavy atom. The third-order valence-corrected chi connectivity index (χ3v) is 6.34. The maximum Gasteiger partial charge on any atom is 0.270 e. The topological polar surface area (TPSA) is 126 Å². The van der Waals surface area contributed by atoms with Crippen molar-refractivity contribution in [3.05, 3.63) is 77.1 Å². The molecule has 2 aliphatic rings. The maximum atomic E-state index is 13.1. The van der Waals surface area contributed by atoms with Gasteiger partial charge in [-0.1, -0.05) is 30.3 Å². The number of carbonyl (C=O) groups is 5. The fraction of sp³-hybridized carbons (Fsp3) is 0.200. The van der Waals surface area contributed by atoms with Gasteiger partial charge in [0.25, 0.3) is 23.6 Å². The van der Waals surface area contributed by atoms with Crippen molar-refractivity contribution in [1.82, 2.24) is 20.5 Å². The molecule has 1 aromatic heterocycles. The first-order valence-electron chi connectivity index (χ1n) is 10.8. The summed E-state index contributed by atoms with van der Waals surface area (Å²) in [5, 5.41) is 6.81. The number of nitrogens with zero attached hydrogens (tertiary/aromatic N) is 2. The van der Waals surface area contributed by atoms with Crippen molar-refractivity contribution < 1.29 is 24.0 Å². The van der Waals surface area contributed by atoms with Crippen molar-refractivity contribution in [3.63, 3.8) is 0 Å². The third kappa shape index (κ3) is 3.42. The van der Waals surface area contributed by atoms with Crippen molar-refractivity contribution in [2.24, 2.45) is 0 Å². The lowest BCUT2D eigenvalue weighted by molar-refractivity contribution is -0.140. The molecule has 0 radical (unpaired) electrons. The van der Waals surface area contributed by atoms with Crippen molar-refractivity contribution in [2.75, 3.05) is 0 Å². The number of fused-ring (bicyclic) bond motifs is 2. The minimum absolute atomic E-state index is 0.0374. The highest BCUT2D eigenvalue weighted by Gasteiger charge is 2.52. The number of amides is 5.